The number of amides is 1. The minimum absolute atomic E-state index is 0.0254. The van der Waals surface area contributed by atoms with Crippen molar-refractivity contribution in [3.8, 4) is 11.4 Å². The lowest BCUT2D eigenvalue weighted by Gasteiger charge is -2.39. The molecular formula is C32H41F2N3O3Si. The van der Waals surface area contributed by atoms with Crippen LogP contribution in [0.1, 0.15) is 62.9 Å². The molecule has 1 aliphatic heterocycles. The summed E-state index contributed by atoms with van der Waals surface area (Å²) >= 11 is 0. The number of imidazole rings is 1. The summed E-state index contributed by atoms with van der Waals surface area (Å²) in [6.45, 7) is 13.7. The minimum atomic E-state index is -2.04. The van der Waals surface area contributed by atoms with Gasteiger partial charge >= 0.3 is 0 Å². The average Bonchev–Trinajstić information content (AvgIpc) is 3.32. The summed E-state index contributed by atoms with van der Waals surface area (Å²) in [6, 6.07) is 8.78. The van der Waals surface area contributed by atoms with Crippen LogP contribution in [0.25, 0.3) is 11.8 Å². The number of carbonyl (C=O) groups is 1. The molecule has 0 N–H and O–H groups in total. The first-order valence-electron chi connectivity index (χ1n) is 14.1. The lowest BCUT2D eigenvalue weighted by Crippen LogP contribution is -2.43. The number of methoxy groups -OCH3 is 1. The molecule has 0 spiro atoms. The number of carbonyl (C=O) groups excluding carboxylic acids is 1. The molecule has 2 heterocycles. The molecular weight excluding hydrogens is 540 g/mol. The van der Waals surface area contributed by atoms with E-state index in [1.165, 1.54) is 12.1 Å². The summed E-state index contributed by atoms with van der Waals surface area (Å²) in [5.74, 6) is -0.786. The Bertz CT molecular complexity index is 1410. The molecule has 1 unspecified atom stereocenters. The van der Waals surface area contributed by atoms with Gasteiger partial charge in [0.25, 0.3) is 0 Å². The summed E-state index contributed by atoms with van der Waals surface area (Å²) in [6.07, 6.45) is 7.35. The second-order valence-electron chi connectivity index (χ2n) is 12.2. The Morgan fingerprint density at radius 2 is 1.83 bits per heavy atom. The Labute approximate surface area is 243 Å². The van der Waals surface area contributed by atoms with Crippen molar-refractivity contribution in [3.63, 3.8) is 0 Å². The smallest absolute Gasteiger partial charge is 0.250 e. The van der Waals surface area contributed by atoms with E-state index in [-0.39, 0.29) is 10.9 Å². The molecule has 220 valence electrons. The average molecular weight is 582 g/mol. The molecule has 6 nitrogen and oxygen atoms in total. The van der Waals surface area contributed by atoms with Crippen LogP contribution in [0.5, 0.6) is 5.75 Å². The molecule has 0 bridgehead atoms. The first-order chi connectivity index (χ1) is 19.3. The predicted octanol–water partition coefficient (Wildman–Crippen LogP) is 7.63. The molecule has 1 aromatic heterocycles. The van der Waals surface area contributed by atoms with Crippen molar-refractivity contribution in [3.05, 3.63) is 83.0 Å². The van der Waals surface area contributed by atoms with Crippen molar-refractivity contribution in [1.29, 1.82) is 0 Å². The van der Waals surface area contributed by atoms with Crippen LogP contribution in [0.3, 0.4) is 0 Å². The summed E-state index contributed by atoms with van der Waals surface area (Å²) < 4.78 is 42.6. The Morgan fingerprint density at radius 3 is 2.44 bits per heavy atom. The summed E-state index contributed by atoms with van der Waals surface area (Å²) in [7, 11) is -0.430. The quantitative estimate of drug-likeness (QED) is 0.193. The molecule has 1 aliphatic rings. The molecule has 1 atom stereocenters. The van der Waals surface area contributed by atoms with Crippen LogP contribution in [0, 0.1) is 18.6 Å². The molecule has 9 heteroatoms. The number of hydrogen-bond acceptors (Lipinski definition) is 4. The molecule has 0 aliphatic carbocycles. The zero-order valence-electron chi connectivity index (χ0n) is 25.1. The van der Waals surface area contributed by atoms with Crippen LogP contribution < -0.4 is 4.74 Å². The lowest BCUT2D eigenvalue weighted by molar-refractivity contribution is -0.131. The van der Waals surface area contributed by atoms with E-state index in [2.05, 4.69) is 38.8 Å². The van der Waals surface area contributed by atoms with Gasteiger partial charge in [-0.2, -0.15) is 0 Å². The van der Waals surface area contributed by atoms with E-state index in [1.807, 2.05) is 42.0 Å². The highest BCUT2D eigenvalue weighted by Gasteiger charge is 2.38. The maximum absolute atomic E-state index is 14.3. The van der Waals surface area contributed by atoms with Gasteiger partial charge in [-0.1, -0.05) is 26.8 Å². The fourth-order valence-corrected chi connectivity index (χ4v) is 5.99. The normalized spacial score (nSPS) is 16.4. The number of aryl methyl sites for hydroxylation is 1. The standard InChI is InChI=1S/C32H41F2N3O3Si/c1-22-20-36(21-35-22)29-11-10-23(16-30(29)39-5)15-24-9-8-13-37(31(24)38)28(25-17-26(33)19-27(34)18-25)12-14-40-41(6,7)32(2,3)4/h10-11,15-21,28H,8-9,12-14H2,1-7H3/b24-15+. The second kappa shape index (κ2) is 12.3. The van der Waals surface area contributed by atoms with Crippen molar-refractivity contribution < 1.29 is 22.7 Å². The van der Waals surface area contributed by atoms with E-state index >= 15 is 0 Å². The fourth-order valence-electron chi connectivity index (χ4n) is 4.93. The van der Waals surface area contributed by atoms with Gasteiger partial charge in [-0.05, 0) is 85.8 Å². The van der Waals surface area contributed by atoms with Crippen molar-refractivity contribution in [2.75, 3.05) is 20.3 Å². The second-order valence-corrected chi connectivity index (χ2v) is 17.1. The minimum Gasteiger partial charge on any atom is -0.495 e. The SMILES string of the molecule is COc1cc(/C=C2\CCCN(C(CCO[Si](C)(C)C(C)(C)C)c3cc(F)cc(F)c3)C2=O)ccc1-n1cnc(C)c1. The Kier molecular flexibility index (Phi) is 9.18. The summed E-state index contributed by atoms with van der Waals surface area (Å²) in [4.78, 5) is 19.9. The van der Waals surface area contributed by atoms with Crippen molar-refractivity contribution >= 4 is 20.3 Å². The molecule has 1 fully saturated rings. The topological polar surface area (TPSA) is 56.6 Å². The summed E-state index contributed by atoms with van der Waals surface area (Å²) in [5.41, 5.74) is 3.67. The van der Waals surface area contributed by atoms with Crippen molar-refractivity contribution in [1.82, 2.24) is 14.5 Å². The maximum Gasteiger partial charge on any atom is 0.250 e. The van der Waals surface area contributed by atoms with Gasteiger partial charge in [0, 0.05) is 31.0 Å². The van der Waals surface area contributed by atoms with E-state index in [4.69, 9.17) is 9.16 Å². The van der Waals surface area contributed by atoms with Gasteiger partial charge in [0.05, 0.1) is 30.9 Å². The highest BCUT2D eigenvalue weighted by atomic mass is 28.4. The van der Waals surface area contributed by atoms with E-state index < -0.39 is 26.0 Å². The maximum atomic E-state index is 14.3. The third kappa shape index (κ3) is 7.13. The number of aromatic nitrogens is 2. The van der Waals surface area contributed by atoms with E-state index in [0.29, 0.717) is 42.9 Å². The van der Waals surface area contributed by atoms with Gasteiger partial charge in [-0.25, -0.2) is 13.8 Å². The van der Waals surface area contributed by atoms with Gasteiger partial charge in [-0.15, -0.1) is 0 Å². The molecule has 4 rings (SSSR count). The number of likely N-dealkylation sites (tertiary alicyclic amines) is 1. The molecule has 0 radical (unpaired) electrons. The number of rotatable bonds is 9. The number of hydrogen-bond donors (Lipinski definition) is 0. The molecule has 0 saturated carbocycles. The van der Waals surface area contributed by atoms with Crippen molar-refractivity contribution in [2.24, 2.45) is 0 Å². The number of piperidine rings is 1. The van der Waals surface area contributed by atoms with E-state index in [1.54, 1.807) is 18.3 Å². The van der Waals surface area contributed by atoms with Gasteiger partial charge in [-0.3, -0.25) is 4.79 Å². The Hall–Kier alpha value is -3.30. The first-order valence-corrected chi connectivity index (χ1v) is 17.0. The third-order valence-electron chi connectivity index (χ3n) is 8.22. The highest BCUT2D eigenvalue weighted by Crippen LogP contribution is 2.38. The number of nitrogens with zero attached hydrogens (tertiary/aromatic N) is 3. The highest BCUT2D eigenvalue weighted by molar-refractivity contribution is 6.74. The number of halogens is 2. The molecule has 1 saturated heterocycles. The zero-order chi connectivity index (χ0) is 29.9. The molecule has 3 aromatic rings. The van der Waals surface area contributed by atoms with Gasteiger partial charge in [0.2, 0.25) is 5.91 Å². The fraction of sp³-hybridized carbons (Fsp3) is 0.438. The third-order valence-corrected chi connectivity index (χ3v) is 12.8. The lowest BCUT2D eigenvalue weighted by atomic mass is 9.95. The van der Waals surface area contributed by atoms with Gasteiger partial charge < -0.3 is 18.6 Å². The van der Waals surface area contributed by atoms with Crippen LogP contribution in [-0.2, 0) is 9.22 Å². The molecule has 41 heavy (non-hydrogen) atoms. The van der Waals surface area contributed by atoms with Crippen LogP contribution in [-0.4, -0.2) is 48.9 Å². The summed E-state index contributed by atoms with van der Waals surface area (Å²) in [5, 5.41) is 0.0254. The van der Waals surface area contributed by atoms with Crippen LogP contribution >= 0.6 is 0 Å². The van der Waals surface area contributed by atoms with Crippen LogP contribution in [0.15, 0.2) is 54.5 Å². The Morgan fingerprint density at radius 1 is 1.12 bits per heavy atom. The number of benzene rings is 2. The molecule has 2 aromatic carbocycles. The largest absolute Gasteiger partial charge is 0.495 e. The van der Waals surface area contributed by atoms with Gasteiger partial charge in [0.1, 0.15) is 17.4 Å². The number of ether oxygens (including phenoxy) is 1. The molecule has 1 amide bonds. The van der Waals surface area contributed by atoms with Crippen LogP contribution in [0.2, 0.25) is 18.1 Å². The monoisotopic (exact) mass is 581 g/mol. The van der Waals surface area contributed by atoms with Crippen molar-refractivity contribution in [2.45, 2.75) is 71.1 Å². The Balaban J connectivity index is 1.62. The zero-order valence-corrected chi connectivity index (χ0v) is 26.1. The first kappa shape index (κ1) is 30.7. The van der Waals surface area contributed by atoms with E-state index in [0.717, 1.165) is 29.4 Å². The van der Waals surface area contributed by atoms with Gasteiger partial charge in [0.15, 0.2) is 8.32 Å². The van der Waals surface area contributed by atoms with E-state index in [9.17, 15) is 13.6 Å². The van der Waals surface area contributed by atoms with Crippen LogP contribution in [0.4, 0.5) is 8.78 Å². The predicted molar refractivity (Wildman–Crippen MR) is 161 cm³/mol.